The van der Waals surface area contributed by atoms with Crippen molar-refractivity contribution in [3.8, 4) is 17.1 Å². The highest BCUT2D eigenvalue weighted by molar-refractivity contribution is 5.56. The summed E-state index contributed by atoms with van der Waals surface area (Å²) in [7, 11) is 0. The van der Waals surface area contributed by atoms with Crippen molar-refractivity contribution < 1.29 is 33.5 Å². The number of hydrogen-bond acceptors (Lipinski definition) is 9. The molecule has 0 amide bonds. The number of benzene rings is 1. The number of aromatic nitrogens is 2. The monoisotopic (exact) mass is 434 g/mol. The van der Waals surface area contributed by atoms with Crippen LogP contribution in [-0.4, -0.2) is 87.2 Å². The normalized spacial score (nSPS) is 19.8. The summed E-state index contributed by atoms with van der Waals surface area (Å²) < 4.78 is 33.7. The molecule has 2 heterocycles. The molecule has 0 spiro atoms. The summed E-state index contributed by atoms with van der Waals surface area (Å²) in [5.74, 6) is 1.27. The van der Waals surface area contributed by atoms with Crippen LogP contribution in [0.15, 0.2) is 36.5 Å². The molecule has 1 N–H and O–H groups in total. The highest BCUT2D eigenvalue weighted by Crippen LogP contribution is 2.19. The summed E-state index contributed by atoms with van der Waals surface area (Å²) in [6.45, 7) is 4.71. The second kappa shape index (κ2) is 14.0. The molecule has 0 radical (unpaired) electrons. The Kier molecular flexibility index (Phi) is 10.6. The summed E-state index contributed by atoms with van der Waals surface area (Å²) in [6.07, 6.45) is 1.40. The van der Waals surface area contributed by atoms with Gasteiger partial charge in [0, 0.05) is 11.8 Å². The topological polar surface area (TPSA) is 101 Å². The molecule has 3 rings (SSSR count). The lowest BCUT2D eigenvalue weighted by atomic mass is 10.2. The van der Waals surface area contributed by atoms with Gasteiger partial charge in [0.25, 0.3) is 0 Å². The predicted molar refractivity (Wildman–Crippen MR) is 112 cm³/mol. The molecule has 2 aromatic rings. The van der Waals surface area contributed by atoms with Crippen molar-refractivity contribution in [1.29, 1.82) is 0 Å². The number of aliphatic hydroxyl groups excluding tert-OH is 1. The van der Waals surface area contributed by atoms with E-state index in [4.69, 9.17) is 28.4 Å². The lowest BCUT2D eigenvalue weighted by molar-refractivity contribution is -0.0606. The van der Waals surface area contributed by atoms with Crippen LogP contribution >= 0.6 is 0 Å². The van der Waals surface area contributed by atoms with Crippen LogP contribution in [0, 0.1) is 0 Å². The van der Waals surface area contributed by atoms with Gasteiger partial charge in [-0.1, -0.05) is 0 Å². The minimum Gasteiger partial charge on any atom is -0.491 e. The van der Waals surface area contributed by atoms with E-state index in [9.17, 15) is 5.11 Å². The molecule has 31 heavy (non-hydrogen) atoms. The van der Waals surface area contributed by atoms with Crippen molar-refractivity contribution in [3.63, 3.8) is 0 Å². The van der Waals surface area contributed by atoms with Crippen molar-refractivity contribution >= 4 is 0 Å². The highest BCUT2D eigenvalue weighted by atomic mass is 16.6. The van der Waals surface area contributed by atoms with Gasteiger partial charge in [0.15, 0.2) is 5.82 Å². The maximum Gasteiger partial charge on any atom is 0.159 e. The Morgan fingerprint density at radius 2 is 1.48 bits per heavy atom. The van der Waals surface area contributed by atoms with Crippen LogP contribution in [0.5, 0.6) is 5.75 Å². The van der Waals surface area contributed by atoms with Crippen LogP contribution in [0.2, 0.25) is 0 Å². The Labute approximate surface area is 182 Å². The first-order chi connectivity index (χ1) is 15.3. The third kappa shape index (κ3) is 8.86. The number of aliphatic hydroxyl groups is 1. The molecule has 1 unspecified atom stereocenters. The molecule has 9 heteroatoms. The average Bonchev–Trinajstić information content (AvgIpc) is 2.83. The molecule has 1 aromatic heterocycles. The van der Waals surface area contributed by atoms with Crippen LogP contribution in [-0.2, 0) is 30.3 Å². The fraction of sp³-hybridized carbons (Fsp3) is 0.545. The number of hydrogen-bond donors (Lipinski definition) is 1. The molecular weight excluding hydrogens is 404 g/mol. The van der Waals surface area contributed by atoms with E-state index in [1.165, 1.54) is 0 Å². The molecule has 0 aliphatic carbocycles. The molecule has 0 saturated carbocycles. The molecule has 1 aliphatic rings. The van der Waals surface area contributed by atoms with E-state index in [0.717, 1.165) is 5.56 Å². The van der Waals surface area contributed by atoms with Crippen LogP contribution in [0.3, 0.4) is 0 Å². The molecule has 1 saturated heterocycles. The summed E-state index contributed by atoms with van der Waals surface area (Å²) in [5, 5.41) is 9.23. The van der Waals surface area contributed by atoms with Crippen molar-refractivity contribution in [3.05, 3.63) is 42.2 Å². The standard InChI is InChI=1S/C22H30N2O7/c25-15-19-5-6-23-22(24-19)18-1-3-20(4-2-18)31-17-21-16-29-12-11-27-8-7-26-9-10-28-13-14-30-21/h1-6,21,25H,7-17H2. The largest absolute Gasteiger partial charge is 0.491 e. The maximum absolute atomic E-state index is 9.23. The van der Waals surface area contributed by atoms with E-state index in [-0.39, 0.29) is 12.7 Å². The van der Waals surface area contributed by atoms with Gasteiger partial charge in [-0.25, -0.2) is 9.97 Å². The average molecular weight is 434 g/mol. The quantitative estimate of drug-likeness (QED) is 0.750. The molecular formula is C22H30N2O7. The van der Waals surface area contributed by atoms with Gasteiger partial charge >= 0.3 is 0 Å². The second-order valence-corrected chi connectivity index (χ2v) is 6.77. The fourth-order valence-electron chi connectivity index (χ4n) is 2.81. The Hall–Kier alpha value is -2.14. The zero-order chi connectivity index (χ0) is 21.6. The summed E-state index contributed by atoms with van der Waals surface area (Å²) in [6, 6.07) is 9.16. The Morgan fingerprint density at radius 3 is 2.16 bits per heavy atom. The Balaban J connectivity index is 1.49. The van der Waals surface area contributed by atoms with Crippen molar-refractivity contribution in [2.45, 2.75) is 12.7 Å². The van der Waals surface area contributed by atoms with Gasteiger partial charge in [-0.2, -0.15) is 0 Å². The van der Waals surface area contributed by atoms with Gasteiger partial charge in [0.05, 0.1) is 71.8 Å². The zero-order valence-corrected chi connectivity index (χ0v) is 17.6. The zero-order valence-electron chi connectivity index (χ0n) is 17.6. The van der Waals surface area contributed by atoms with E-state index >= 15 is 0 Å². The van der Waals surface area contributed by atoms with Crippen molar-refractivity contribution in [2.24, 2.45) is 0 Å². The Morgan fingerprint density at radius 1 is 0.839 bits per heavy atom. The lowest BCUT2D eigenvalue weighted by Crippen LogP contribution is -2.29. The smallest absolute Gasteiger partial charge is 0.159 e. The highest BCUT2D eigenvalue weighted by Gasteiger charge is 2.12. The molecule has 0 bridgehead atoms. The SMILES string of the molecule is OCc1ccnc(-c2ccc(OCC3COCCOCCOCCOCCO3)cc2)n1. The third-order valence-electron chi connectivity index (χ3n) is 4.42. The Bertz CT molecular complexity index is 729. The minimum atomic E-state index is -0.228. The molecule has 9 nitrogen and oxygen atoms in total. The third-order valence-corrected chi connectivity index (χ3v) is 4.42. The van der Waals surface area contributed by atoms with Crippen molar-refractivity contribution in [1.82, 2.24) is 9.97 Å². The molecule has 170 valence electrons. The second-order valence-electron chi connectivity index (χ2n) is 6.77. The van der Waals surface area contributed by atoms with E-state index in [0.29, 0.717) is 83.3 Å². The number of ether oxygens (including phenoxy) is 6. The van der Waals surface area contributed by atoms with Gasteiger partial charge in [-0.3, -0.25) is 0 Å². The van der Waals surface area contributed by atoms with Gasteiger partial charge in [0.2, 0.25) is 0 Å². The van der Waals surface area contributed by atoms with E-state index in [2.05, 4.69) is 9.97 Å². The molecule has 1 aliphatic heterocycles. The van der Waals surface area contributed by atoms with Crippen LogP contribution in [0.25, 0.3) is 11.4 Å². The molecule has 1 aromatic carbocycles. The van der Waals surface area contributed by atoms with Crippen LogP contribution in [0.4, 0.5) is 0 Å². The van der Waals surface area contributed by atoms with E-state index < -0.39 is 0 Å². The fourth-order valence-corrected chi connectivity index (χ4v) is 2.81. The van der Waals surface area contributed by atoms with Crippen LogP contribution in [0.1, 0.15) is 5.69 Å². The lowest BCUT2D eigenvalue weighted by Gasteiger charge is -2.19. The first kappa shape index (κ1) is 23.5. The summed E-state index contributed by atoms with van der Waals surface area (Å²) in [5.41, 5.74) is 1.42. The number of nitrogens with zero attached hydrogens (tertiary/aromatic N) is 2. The molecule has 1 atom stereocenters. The first-order valence-electron chi connectivity index (χ1n) is 10.4. The summed E-state index contributed by atoms with van der Waals surface area (Å²) >= 11 is 0. The summed E-state index contributed by atoms with van der Waals surface area (Å²) in [4.78, 5) is 8.56. The first-order valence-corrected chi connectivity index (χ1v) is 10.4. The van der Waals surface area contributed by atoms with Gasteiger partial charge in [-0.05, 0) is 30.3 Å². The van der Waals surface area contributed by atoms with E-state index in [1.807, 2.05) is 24.3 Å². The minimum absolute atomic E-state index is 0.120. The van der Waals surface area contributed by atoms with Crippen molar-refractivity contribution in [2.75, 3.05) is 66.1 Å². The molecule has 1 fully saturated rings. The van der Waals surface area contributed by atoms with Gasteiger partial charge in [-0.15, -0.1) is 0 Å². The number of rotatable bonds is 5. The van der Waals surface area contributed by atoms with Gasteiger partial charge in [0.1, 0.15) is 18.5 Å². The van der Waals surface area contributed by atoms with Gasteiger partial charge < -0.3 is 33.5 Å². The van der Waals surface area contributed by atoms with Crippen LogP contribution < -0.4 is 4.74 Å². The van der Waals surface area contributed by atoms with E-state index in [1.54, 1.807) is 12.3 Å². The maximum atomic E-state index is 9.23. The predicted octanol–water partition coefficient (Wildman–Crippen LogP) is 1.48.